The molecule has 2 rings (SSSR count). The topological polar surface area (TPSA) is 49.4 Å². The fourth-order valence-corrected chi connectivity index (χ4v) is 2.36. The Labute approximate surface area is 120 Å². The van der Waals surface area contributed by atoms with Crippen molar-refractivity contribution in [2.24, 2.45) is 0 Å². The SMILES string of the molecule is CCCCC(=O)Nc1ccc(N2CCCCC2=O)cc1. The Morgan fingerprint density at radius 2 is 2.00 bits per heavy atom. The first-order valence-electron chi connectivity index (χ1n) is 7.41. The van der Waals surface area contributed by atoms with Gasteiger partial charge in [0.15, 0.2) is 0 Å². The molecule has 1 fully saturated rings. The summed E-state index contributed by atoms with van der Waals surface area (Å²) in [6.07, 6.45) is 5.16. The second-order valence-corrected chi connectivity index (χ2v) is 5.20. The van der Waals surface area contributed by atoms with Gasteiger partial charge in [0.2, 0.25) is 11.8 Å². The van der Waals surface area contributed by atoms with Crippen LogP contribution in [0.2, 0.25) is 0 Å². The molecule has 1 aromatic carbocycles. The Hall–Kier alpha value is -1.84. The van der Waals surface area contributed by atoms with Crippen LogP contribution in [0.15, 0.2) is 24.3 Å². The number of benzene rings is 1. The predicted octanol–water partition coefficient (Wildman–Crippen LogP) is 3.33. The van der Waals surface area contributed by atoms with Crippen molar-refractivity contribution in [2.75, 3.05) is 16.8 Å². The lowest BCUT2D eigenvalue weighted by molar-refractivity contribution is -0.119. The van der Waals surface area contributed by atoms with Crippen LogP contribution < -0.4 is 10.2 Å². The summed E-state index contributed by atoms with van der Waals surface area (Å²) in [6, 6.07) is 7.53. The van der Waals surface area contributed by atoms with Crippen LogP contribution in [0.3, 0.4) is 0 Å². The molecule has 20 heavy (non-hydrogen) atoms. The van der Waals surface area contributed by atoms with Crippen molar-refractivity contribution in [3.8, 4) is 0 Å². The van der Waals surface area contributed by atoms with Crippen molar-refractivity contribution in [2.45, 2.75) is 45.4 Å². The third kappa shape index (κ3) is 3.83. The fourth-order valence-electron chi connectivity index (χ4n) is 2.36. The van der Waals surface area contributed by atoms with Gasteiger partial charge in [0.1, 0.15) is 0 Å². The van der Waals surface area contributed by atoms with Crippen molar-refractivity contribution in [1.29, 1.82) is 0 Å². The molecule has 1 aromatic rings. The van der Waals surface area contributed by atoms with Crippen molar-refractivity contribution in [1.82, 2.24) is 0 Å². The number of anilines is 2. The number of rotatable bonds is 5. The molecule has 1 N–H and O–H groups in total. The largest absolute Gasteiger partial charge is 0.326 e. The van der Waals surface area contributed by atoms with E-state index in [1.165, 1.54) is 0 Å². The second kappa shape index (κ2) is 7.08. The Morgan fingerprint density at radius 1 is 1.25 bits per heavy atom. The average Bonchev–Trinajstić information content (AvgIpc) is 2.47. The molecule has 1 aliphatic rings. The van der Waals surface area contributed by atoms with Crippen LogP contribution >= 0.6 is 0 Å². The van der Waals surface area contributed by atoms with Gasteiger partial charge in [-0.15, -0.1) is 0 Å². The Morgan fingerprint density at radius 3 is 2.65 bits per heavy atom. The lowest BCUT2D eigenvalue weighted by Gasteiger charge is -2.26. The maximum Gasteiger partial charge on any atom is 0.226 e. The molecule has 0 spiro atoms. The van der Waals surface area contributed by atoms with Gasteiger partial charge in [0.05, 0.1) is 0 Å². The van der Waals surface area contributed by atoms with Crippen LogP contribution in [-0.2, 0) is 9.59 Å². The van der Waals surface area contributed by atoms with E-state index in [9.17, 15) is 9.59 Å². The molecule has 0 radical (unpaired) electrons. The number of unbranched alkanes of at least 4 members (excludes halogenated alkanes) is 1. The van der Waals surface area contributed by atoms with Gasteiger partial charge >= 0.3 is 0 Å². The molecular formula is C16H22N2O2. The fraction of sp³-hybridized carbons (Fsp3) is 0.500. The maximum atomic E-state index is 11.8. The molecule has 0 atom stereocenters. The van der Waals surface area contributed by atoms with Crippen molar-refractivity contribution < 1.29 is 9.59 Å². The lowest BCUT2D eigenvalue weighted by Crippen LogP contribution is -2.35. The average molecular weight is 274 g/mol. The van der Waals surface area contributed by atoms with Crippen LogP contribution in [0, 0.1) is 0 Å². The Balaban J connectivity index is 1.95. The van der Waals surface area contributed by atoms with E-state index in [2.05, 4.69) is 12.2 Å². The molecule has 1 heterocycles. The number of carbonyl (C=O) groups excluding carboxylic acids is 2. The van der Waals surface area contributed by atoms with E-state index in [4.69, 9.17) is 0 Å². The summed E-state index contributed by atoms with van der Waals surface area (Å²) < 4.78 is 0. The van der Waals surface area contributed by atoms with Crippen LogP contribution in [0.1, 0.15) is 45.4 Å². The molecule has 1 aliphatic heterocycles. The third-order valence-electron chi connectivity index (χ3n) is 3.54. The highest BCUT2D eigenvalue weighted by atomic mass is 16.2. The highest BCUT2D eigenvalue weighted by Crippen LogP contribution is 2.22. The maximum absolute atomic E-state index is 11.8. The molecule has 1 saturated heterocycles. The highest BCUT2D eigenvalue weighted by Gasteiger charge is 2.19. The lowest BCUT2D eigenvalue weighted by atomic mass is 10.1. The van der Waals surface area contributed by atoms with E-state index < -0.39 is 0 Å². The van der Waals surface area contributed by atoms with Crippen LogP contribution in [0.4, 0.5) is 11.4 Å². The van der Waals surface area contributed by atoms with Gasteiger partial charge in [0, 0.05) is 30.8 Å². The van der Waals surface area contributed by atoms with E-state index in [0.29, 0.717) is 12.8 Å². The predicted molar refractivity (Wildman–Crippen MR) is 80.8 cm³/mol. The van der Waals surface area contributed by atoms with Gasteiger partial charge in [0.25, 0.3) is 0 Å². The summed E-state index contributed by atoms with van der Waals surface area (Å²) in [5.41, 5.74) is 1.71. The molecule has 0 aromatic heterocycles. The minimum atomic E-state index is 0.0497. The number of nitrogens with zero attached hydrogens (tertiary/aromatic N) is 1. The Kier molecular flexibility index (Phi) is 5.16. The van der Waals surface area contributed by atoms with Gasteiger partial charge in [-0.25, -0.2) is 0 Å². The van der Waals surface area contributed by atoms with Gasteiger partial charge in [-0.3, -0.25) is 9.59 Å². The minimum absolute atomic E-state index is 0.0497. The molecular weight excluding hydrogens is 252 g/mol. The van der Waals surface area contributed by atoms with Gasteiger partial charge in [-0.1, -0.05) is 13.3 Å². The molecule has 2 amide bonds. The summed E-state index contributed by atoms with van der Waals surface area (Å²) >= 11 is 0. The van der Waals surface area contributed by atoms with Gasteiger partial charge in [-0.2, -0.15) is 0 Å². The molecule has 108 valence electrons. The van der Waals surface area contributed by atoms with Crippen LogP contribution in [0.25, 0.3) is 0 Å². The summed E-state index contributed by atoms with van der Waals surface area (Å²) in [7, 11) is 0. The van der Waals surface area contributed by atoms with E-state index in [1.54, 1.807) is 0 Å². The standard InChI is InChI=1S/C16H22N2O2/c1-2-3-6-15(19)17-13-8-10-14(11-9-13)18-12-5-4-7-16(18)20/h8-11H,2-7,12H2,1H3,(H,17,19). The normalized spacial score (nSPS) is 15.2. The van der Waals surface area contributed by atoms with E-state index in [-0.39, 0.29) is 11.8 Å². The van der Waals surface area contributed by atoms with Crippen LogP contribution in [-0.4, -0.2) is 18.4 Å². The zero-order valence-corrected chi connectivity index (χ0v) is 12.0. The first-order chi connectivity index (χ1) is 9.70. The Bertz CT molecular complexity index is 468. The van der Waals surface area contributed by atoms with Gasteiger partial charge in [-0.05, 0) is 43.5 Å². The molecule has 0 saturated carbocycles. The van der Waals surface area contributed by atoms with Crippen molar-refractivity contribution >= 4 is 23.2 Å². The quantitative estimate of drug-likeness (QED) is 0.895. The van der Waals surface area contributed by atoms with E-state index >= 15 is 0 Å². The smallest absolute Gasteiger partial charge is 0.226 e. The monoisotopic (exact) mass is 274 g/mol. The first-order valence-corrected chi connectivity index (χ1v) is 7.41. The third-order valence-corrected chi connectivity index (χ3v) is 3.54. The summed E-state index contributed by atoms with van der Waals surface area (Å²) in [5.74, 6) is 0.240. The molecule has 0 aliphatic carbocycles. The molecule has 4 nitrogen and oxygen atoms in total. The highest BCUT2D eigenvalue weighted by molar-refractivity contribution is 5.95. The van der Waals surface area contributed by atoms with E-state index in [1.807, 2.05) is 29.2 Å². The van der Waals surface area contributed by atoms with Gasteiger partial charge < -0.3 is 10.2 Å². The number of piperidine rings is 1. The summed E-state index contributed by atoms with van der Waals surface area (Å²) in [4.78, 5) is 25.3. The summed E-state index contributed by atoms with van der Waals surface area (Å²) in [6.45, 7) is 2.86. The van der Waals surface area contributed by atoms with Crippen molar-refractivity contribution in [3.63, 3.8) is 0 Å². The summed E-state index contributed by atoms with van der Waals surface area (Å²) in [5, 5.41) is 2.88. The zero-order valence-electron chi connectivity index (χ0n) is 12.0. The van der Waals surface area contributed by atoms with Crippen molar-refractivity contribution in [3.05, 3.63) is 24.3 Å². The zero-order chi connectivity index (χ0) is 14.4. The molecule has 0 bridgehead atoms. The molecule has 4 heteroatoms. The molecule has 0 unspecified atom stereocenters. The number of nitrogens with one attached hydrogen (secondary N) is 1. The van der Waals surface area contributed by atoms with E-state index in [0.717, 1.165) is 43.6 Å². The minimum Gasteiger partial charge on any atom is -0.326 e. The number of carbonyl (C=O) groups is 2. The van der Waals surface area contributed by atoms with Crippen LogP contribution in [0.5, 0.6) is 0 Å². The number of hydrogen-bond donors (Lipinski definition) is 1. The number of amides is 2. The second-order valence-electron chi connectivity index (χ2n) is 5.20. The first kappa shape index (κ1) is 14.6. The number of hydrogen-bond acceptors (Lipinski definition) is 2.